The topological polar surface area (TPSA) is 106 Å². The molecule has 0 aromatic heterocycles. The lowest BCUT2D eigenvalue weighted by atomic mass is 10.2. The molecule has 4 aromatic rings. The third kappa shape index (κ3) is 8.11. The van der Waals surface area contributed by atoms with E-state index in [1.54, 1.807) is 42.5 Å². The Morgan fingerprint density at radius 3 is 2.11 bits per heavy atom. The molecule has 2 amide bonds. The maximum atomic E-state index is 13.1. The number of carbonyl (C=O) groups excluding carboxylic acids is 2. The van der Waals surface area contributed by atoms with Gasteiger partial charge in [-0.25, -0.2) is 0 Å². The molecule has 0 saturated heterocycles. The lowest BCUT2D eigenvalue weighted by Gasteiger charge is -2.19. The van der Waals surface area contributed by atoms with Crippen LogP contribution in [0.25, 0.3) is 0 Å². The first-order valence-electron chi connectivity index (χ1n) is 12.0. The summed E-state index contributed by atoms with van der Waals surface area (Å²) in [7, 11) is 0. The molecule has 0 spiro atoms. The van der Waals surface area contributed by atoms with Gasteiger partial charge in [-0.1, -0.05) is 60.7 Å². The Balaban J connectivity index is 1.36. The number of amides is 2. The van der Waals surface area contributed by atoms with Crippen molar-refractivity contribution in [2.45, 2.75) is 12.6 Å². The number of anilines is 1. The zero-order valence-electron chi connectivity index (χ0n) is 20.6. The van der Waals surface area contributed by atoms with Crippen LogP contribution in [0.2, 0.25) is 0 Å². The van der Waals surface area contributed by atoms with E-state index in [4.69, 9.17) is 14.2 Å². The maximum Gasteiger partial charge on any atom is 0.258 e. The van der Waals surface area contributed by atoms with E-state index in [2.05, 4.69) is 10.6 Å². The number of hydrogen-bond donors (Lipinski definition) is 3. The van der Waals surface area contributed by atoms with Crippen molar-refractivity contribution in [3.63, 3.8) is 0 Å². The number of para-hydroxylation sites is 3. The van der Waals surface area contributed by atoms with Crippen LogP contribution in [-0.4, -0.2) is 36.2 Å². The predicted octanol–water partition coefficient (Wildman–Crippen LogP) is 4.90. The van der Waals surface area contributed by atoms with Gasteiger partial charge in [0.25, 0.3) is 5.91 Å². The van der Waals surface area contributed by atoms with Gasteiger partial charge in [0.05, 0.1) is 13.2 Å². The van der Waals surface area contributed by atoms with Gasteiger partial charge in [-0.3, -0.25) is 9.59 Å². The summed E-state index contributed by atoms with van der Waals surface area (Å²) in [5.74, 6) is 0.413. The number of ether oxygens (including phenoxy) is 3. The van der Waals surface area contributed by atoms with Crippen LogP contribution in [0.3, 0.4) is 0 Å². The molecular weight excluding hydrogens is 484 g/mol. The number of benzene rings is 4. The van der Waals surface area contributed by atoms with Gasteiger partial charge in [-0.2, -0.15) is 0 Å². The van der Waals surface area contributed by atoms with Gasteiger partial charge >= 0.3 is 0 Å². The second-order valence-corrected chi connectivity index (χ2v) is 8.31. The molecule has 8 heteroatoms. The third-order valence-corrected chi connectivity index (χ3v) is 5.37. The van der Waals surface area contributed by atoms with Crippen molar-refractivity contribution >= 4 is 17.5 Å². The summed E-state index contributed by atoms with van der Waals surface area (Å²) < 4.78 is 16.9. The smallest absolute Gasteiger partial charge is 0.258 e. The SMILES string of the molecule is O=C(COc1ccccc1O)NC(COCc1ccccc1)C(=O)Nc1ccc(Oc2ccccc2)cc1. The van der Waals surface area contributed by atoms with Crippen LogP contribution in [0.4, 0.5) is 5.69 Å². The minimum absolute atomic E-state index is 0.0573. The zero-order chi connectivity index (χ0) is 26.6. The minimum atomic E-state index is -0.987. The second kappa shape index (κ2) is 13.5. The molecule has 0 aliphatic carbocycles. The van der Waals surface area contributed by atoms with E-state index < -0.39 is 17.9 Å². The van der Waals surface area contributed by atoms with E-state index >= 15 is 0 Å². The Kier molecular flexibility index (Phi) is 9.31. The van der Waals surface area contributed by atoms with E-state index in [-0.39, 0.29) is 31.3 Å². The first-order valence-corrected chi connectivity index (χ1v) is 12.0. The fourth-order valence-corrected chi connectivity index (χ4v) is 3.47. The van der Waals surface area contributed by atoms with Gasteiger partial charge in [0.1, 0.15) is 17.5 Å². The van der Waals surface area contributed by atoms with Gasteiger partial charge in [-0.15, -0.1) is 0 Å². The van der Waals surface area contributed by atoms with Gasteiger partial charge in [0.15, 0.2) is 18.1 Å². The first kappa shape index (κ1) is 26.2. The highest BCUT2D eigenvalue weighted by Crippen LogP contribution is 2.24. The average molecular weight is 513 g/mol. The number of hydrogen-bond acceptors (Lipinski definition) is 6. The zero-order valence-corrected chi connectivity index (χ0v) is 20.6. The number of carbonyl (C=O) groups is 2. The van der Waals surface area contributed by atoms with Gasteiger partial charge < -0.3 is 30.0 Å². The van der Waals surface area contributed by atoms with Crippen molar-refractivity contribution in [2.24, 2.45) is 0 Å². The molecule has 0 bridgehead atoms. The summed E-state index contributed by atoms with van der Waals surface area (Å²) in [4.78, 5) is 25.7. The average Bonchev–Trinajstić information content (AvgIpc) is 2.94. The summed E-state index contributed by atoms with van der Waals surface area (Å²) in [5.41, 5.74) is 1.47. The van der Waals surface area contributed by atoms with Crippen molar-refractivity contribution in [1.82, 2.24) is 5.32 Å². The molecular formula is C30H28N2O6. The standard InChI is InChI=1S/C30H28N2O6/c33-27-13-7-8-14-28(27)37-21-29(34)32-26(20-36-19-22-9-3-1-4-10-22)30(35)31-23-15-17-25(18-16-23)38-24-11-5-2-6-12-24/h1-18,26,33H,19-21H2,(H,31,35)(H,32,34). The molecule has 0 saturated carbocycles. The molecule has 0 aliphatic rings. The fourth-order valence-electron chi connectivity index (χ4n) is 3.47. The van der Waals surface area contributed by atoms with Crippen LogP contribution in [-0.2, 0) is 20.9 Å². The van der Waals surface area contributed by atoms with Crippen LogP contribution in [0.15, 0.2) is 109 Å². The highest BCUT2D eigenvalue weighted by molar-refractivity contribution is 5.97. The normalized spacial score (nSPS) is 11.3. The number of nitrogens with one attached hydrogen (secondary N) is 2. The van der Waals surface area contributed by atoms with Crippen molar-refractivity contribution in [2.75, 3.05) is 18.5 Å². The van der Waals surface area contributed by atoms with Gasteiger partial charge in [-0.05, 0) is 54.1 Å². The Labute approximate surface area is 220 Å². The van der Waals surface area contributed by atoms with Crippen molar-refractivity contribution < 1.29 is 28.9 Å². The molecule has 1 atom stereocenters. The highest BCUT2D eigenvalue weighted by Gasteiger charge is 2.22. The molecule has 0 heterocycles. The van der Waals surface area contributed by atoms with Crippen LogP contribution >= 0.6 is 0 Å². The molecule has 0 radical (unpaired) electrons. The minimum Gasteiger partial charge on any atom is -0.504 e. The summed E-state index contributed by atoms with van der Waals surface area (Å²) in [6.45, 7) is -0.162. The largest absolute Gasteiger partial charge is 0.504 e. The van der Waals surface area contributed by atoms with Gasteiger partial charge in [0, 0.05) is 5.69 Å². The summed E-state index contributed by atoms with van der Waals surface area (Å²) in [6.07, 6.45) is 0. The summed E-state index contributed by atoms with van der Waals surface area (Å²) >= 11 is 0. The Morgan fingerprint density at radius 2 is 1.39 bits per heavy atom. The highest BCUT2D eigenvalue weighted by atomic mass is 16.5. The van der Waals surface area contributed by atoms with Crippen molar-refractivity contribution in [3.8, 4) is 23.0 Å². The summed E-state index contributed by atoms with van der Waals surface area (Å²) in [5, 5.41) is 15.3. The quantitative estimate of drug-likeness (QED) is 0.249. The molecule has 8 nitrogen and oxygen atoms in total. The van der Waals surface area contributed by atoms with Crippen LogP contribution in [0.1, 0.15) is 5.56 Å². The molecule has 0 aliphatic heterocycles. The van der Waals surface area contributed by atoms with Crippen LogP contribution in [0.5, 0.6) is 23.0 Å². The third-order valence-electron chi connectivity index (χ3n) is 5.37. The number of rotatable bonds is 12. The lowest BCUT2D eigenvalue weighted by Crippen LogP contribution is -2.48. The van der Waals surface area contributed by atoms with E-state index in [0.29, 0.717) is 17.2 Å². The van der Waals surface area contributed by atoms with Crippen molar-refractivity contribution in [3.05, 3.63) is 115 Å². The Hall–Kier alpha value is -4.82. The van der Waals surface area contributed by atoms with E-state index in [9.17, 15) is 14.7 Å². The second-order valence-electron chi connectivity index (χ2n) is 8.31. The van der Waals surface area contributed by atoms with Gasteiger partial charge in [0.2, 0.25) is 5.91 Å². The molecule has 0 fully saturated rings. The van der Waals surface area contributed by atoms with E-state index in [1.807, 2.05) is 60.7 Å². The number of phenols is 1. The van der Waals surface area contributed by atoms with E-state index in [0.717, 1.165) is 5.56 Å². The fraction of sp³-hybridized carbons (Fsp3) is 0.133. The van der Waals surface area contributed by atoms with Crippen LogP contribution in [0, 0.1) is 0 Å². The lowest BCUT2D eigenvalue weighted by molar-refractivity contribution is -0.129. The van der Waals surface area contributed by atoms with E-state index in [1.165, 1.54) is 6.07 Å². The summed E-state index contributed by atoms with van der Waals surface area (Å²) in [6, 6.07) is 31.1. The molecule has 1 unspecified atom stereocenters. The Morgan fingerprint density at radius 1 is 0.763 bits per heavy atom. The van der Waals surface area contributed by atoms with Crippen LogP contribution < -0.4 is 20.1 Å². The Bertz CT molecular complexity index is 1310. The molecule has 4 aromatic carbocycles. The molecule has 38 heavy (non-hydrogen) atoms. The molecule has 4 rings (SSSR count). The predicted molar refractivity (Wildman–Crippen MR) is 143 cm³/mol. The molecule has 3 N–H and O–H groups in total. The monoisotopic (exact) mass is 512 g/mol. The number of phenolic OH excluding ortho intramolecular Hbond substituents is 1. The van der Waals surface area contributed by atoms with Crippen molar-refractivity contribution in [1.29, 1.82) is 0 Å². The maximum absolute atomic E-state index is 13.1. The number of aromatic hydroxyl groups is 1. The molecule has 194 valence electrons. The first-order chi connectivity index (χ1) is 18.6.